The number of hydrogen-bond donors (Lipinski definition) is 1. The molecular weight excluding hydrogens is 269 g/mol. The summed E-state index contributed by atoms with van der Waals surface area (Å²) in [6.45, 7) is 1.85. The number of aryl methyl sites for hydroxylation is 1. The van der Waals surface area contributed by atoms with E-state index in [0.29, 0.717) is 11.1 Å². The molecule has 1 heterocycles. The number of pyridine rings is 1. The molecule has 0 atom stereocenters. The molecule has 0 amide bonds. The Labute approximate surface area is 121 Å². The highest BCUT2D eigenvalue weighted by molar-refractivity contribution is 5.97. The summed E-state index contributed by atoms with van der Waals surface area (Å²) in [6, 6.07) is 9.99. The molecule has 0 aliphatic heterocycles. The number of methoxy groups -OCH3 is 1. The van der Waals surface area contributed by atoms with E-state index < -0.39 is 0 Å². The second-order valence-electron chi connectivity index (χ2n) is 4.90. The van der Waals surface area contributed by atoms with E-state index in [0.717, 1.165) is 22.1 Å². The zero-order valence-electron chi connectivity index (χ0n) is 11.7. The first-order valence-corrected chi connectivity index (χ1v) is 6.56. The molecule has 3 aromatic rings. The summed E-state index contributed by atoms with van der Waals surface area (Å²) in [6.07, 6.45) is 1.66. The van der Waals surface area contributed by atoms with E-state index in [4.69, 9.17) is 4.74 Å². The first kappa shape index (κ1) is 13.4. The third kappa shape index (κ3) is 2.29. The summed E-state index contributed by atoms with van der Waals surface area (Å²) in [7, 11) is 1.56. The Bertz CT molecular complexity index is 884. The number of aromatic nitrogens is 1. The van der Waals surface area contributed by atoms with Crippen LogP contribution >= 0.6 is 0 Å². The topological polar surface area (TPSA) is 42.1 Å². The van der Waals surface area contributed by atoms with Crippen LogP contribution in [0.5, 0.6) is 5.75 Å². The summed E-state index contributed by atoms with van der Waals surface area (Å²) >= 11 is 0. The normalized spacial score (nSPS) is 10.8. The zero-order valence-corrected chi connectivity index (χ0v) is 11.7. The van der Waals surface area contributed by atoms with Crippen molar-refractivity contribution in [1.82, 2.24) is 4.98 Å². The molecule has 1 aromatic heterocycles. The summed E-state index contributed by atoms with van der Waals surface area (Å²) < 4.78 is 18.4. The molecule has 106 valence electrons. The lowest BCUT2D eigenvalue weighted by Crippen LogP contribution is -2.06. The van der Waals surface area contributed by atoms with E-state index in [2.05, 4.69) is 4.98 Å². The molecule has 0 aliphatic carbocycles. The van der Waals surface area contributed by atoms with Gasteiger partial charge in [0.05, 0.1) is 12.5 Å². The van der Waals surface area contributed by atoms with Crippen molar-refractivity contribution in [2.45, 2.75) is 6.92 Å². The number of ether oxygens (including phenoxy) is 1. The number of hydrogen-bond acceptors (Lipinski definition) is 2. The van der Waals surface area contributed by atoms with Gasteiger partial charge >= 0.3 is 0 Å². The van der Waals surface area contributed by atoms with Crippen molar-refractivity contribution >= 4 is 10.8 Å². The number of nitrogens with one attached hydrogen (secondary N) is 1. The van der Waals surface area contributed by atoms with E-state index in [1.165, 1.54) is 12.1 Å². The van der Waals surface area contributed by atoms with Crippen molar-refractivity contribution in [1.29, 1.82) is 0 Å². The lowest BCUT2D eigenvalue weighted by Gasteiger charge is -2.10. The lowest BCUT2D eigenvalue weighted by molar-refractivity contribution is 0.415. The summed E-state index contributed by atoms with van der Waals surface area (Å²) in [5, 5.41) is 1.37. The van der Waals surface area contributed by atoms with Crippen LogP contribution in [0, 0.1) is 12.7 Å². The van der Waals surface area contributed by atoms with Crippen LogP contribution in [-0.4, -0.2) is 12.1 Å². The largest absolute Gasteiger partial charge is 0.497 e. The molecule has 0 radical (unpaired) electrons. The fraction of sp³-hybridized carbons (Fsp3) is 0.118. The Hall–Kier alpha value is -2.62. The van der Waals surface area contributed by atoms with Gasteiger partial charge in [-0.3, -0.25) is 4.79 Å². The van der Waals surface area contributed by atoms with Gasteiger partial charge in [0.25, 0.3) is 5.56 Å². The Morgan fingerprint density at radius 3 is 2.57 bits per heavy atom. The molecule has 0 unspecified atom stereocenters. The van der Waals surface area contributed by atoms with Crippen LogP contribution in [0.25, 0.3) is 21.9 Å². The van der Waals surface area contributed by atoms with Crippen molar-refractivity contribution in [3.63, 3.8) is 0 Å². The van der Waals surface area contributed by atoms with Gasteiger partial charge in [-0.15, -0.1) is 0 Å². The predicted molar refractivity (Wildman–Crippen MR) is 81.3 cm³/mol. The number of fused-ring (bicyclic) bond motifs is 1. The standard InChI is InChI=1S/C17H14FNO2/c1-10-7-11(18)3-5-13(10)16-9-19-17(20)15-8-12(21-2)4-6-14(15)16/h3-9H,1-2H3,(H,19,20). The highest BCUT2D eigenvalue weighted by atomic mass is 19.1. The van der Waals surface area contributed by atoms with Crippen LogP contribution < -0.4 is 10.3 Å². The number of H-pyrrole nitrogens is 1. The minimum absolute atomic E-state index is 0.174. The predicted octanol–water partition coefficient (Wildman–Crippen LogP) is 3.65. The van der Waals surface area contributed by atoms with Crippen molar-refractivity contribution in [3.8, 4) is 16.9 Å². The number of benzene rings is 2. The maximum Gasteiger partial charge on any atom is 0.255 e. The number of halogens is 1. The molecule has 0 spiro atoms. The van der Waals surface area contributed by atoms with Gasteiger partial charge in [0.2, 0.25) is 0 Å². The molecule has 0 fully saturated rings. The maximum absolute atomic E-state index is 13.3. The lowest BCUT2D eigenvalue weighted by atomic mass is 9.97. The fourth-order valence-corrected chi connectivity index (χ4v) is 2.52. The average Bonchev–Trinajstić information content (AvgIpc) is 2.48. The second-order valence-corrected chi connectivity index (χ2v) is 4.90. The van der Waals surface area contributed by atoms with E-state index in [1.807, 2.05) is 19.1 Å². The molecule has 4 heteroatoms. The molecule has 2 aromatic carbocycles. The molecule has 3 nitrogen and oxygen atoms in total. The fourth-order valence-electron chi connectivity index (χ4n) is 2.52. The van der Waals surface area contributed by atoms with E-state index >= 15 is 0 Å². The highest BCUT2D eigenvalue weighted by Gasteiger charge is 2.10. The van der Waals surface area contributed by atoms with Gasteiger partial charge in [-0.1, -0.05) is 6.07 Å². The van der Waals surface area contributed by atoms with Gasteiger partial charge < -0.3 is 9.72 Å². The highest BCUT2D eigenvalue weighted by Crippen LogP contribution is 2.30. The monoisotopic (exact) mass is 283 g/mol. The van der Waals surface area contributed by atoms with Crippen LogP contribution in [0.2, 0.25) is 0 Å². The van der Waals surface area contributed by atoms with Crippen LogP contribution in [0.1, 0.15) is 5.56 Å². The van der Waals surface area contributed by atoms with Crippen molar-refractivity contribution in [2.75, 3.05) is 7.11 Å². The third-order valence-electron chi connectivity index (χ3n) is 3.59. The Kier molecular flexibility index (Phi) is 3.22. The molecule has 21 heavy (non-hydrogen) atoms. The van der Waals surface area contributed by atoms with Crippen molar-refractivity contribution in [2.24, 2.45) is 0 Å². The summed E-state index contributed by atoms with van der Waals surface area (Å²) in [5.41, 5.74) is 2.40. The van der Waals surface area contributed by atoms with Gasteiger partial charge in [0.15, 0.2) is 0 Å². The average molecular weight is 283 g/mol. The van der Waals surface area contributed by atoms with E-state index in [-0.39, 0.29) is 11.4 Å². The van der Waals surface area contributed by atoms with Crippen LogP contribution in [0.15, 0.2) is 47.4 Å². The van der Waals surface area contributed by atoms with Crippen molar-refractivity contribution in [3.05, 3.63) is 64.3 Å². The summed E-state index contributed by atoms with van der Waals surface area (Å²) in [4.78, 5) is 14.7. The molecule has 0 bridgehead atoms. The molecule has 0 saturated carbocycles. The molecule has 3 rings (SSSR count). The van der Waals surface area contributed by atoms with E-state index in [1.54, 1.807) is 25.4 Å². The van der Waals surface area contributed by atoms with Crippen molar-refractivity contribution < 1.29 is 9.13 Å². The molecule has 0 saturated heterocycles. The summed E-state index contributed by atoms with van der Waals surface area (Å²) in [5.74, 6) is 0.354. The maximum atomic E-state index is 13.3. The third-order valence-corrected chi connectivity index (χ3v) is 3.59. The Balaban J connectivity index is 2.33. The first-order chi connectivity index (χ1) is 10.1. The van der Waals surface area contributed by atoms with Crippen LogP contribution in [0.4, 0.5) is 4.39 Å². The smallest absolute Gasteiger partial charge is 0.255 e. The van der Waals surface area contributed by atoms with Crippen LogP contribution in [-0.2, 0) is 0 Å². The molecule has 1 N–H and O–H groups in total. The SMILES string of the molecule is COc1ccc2c(-c3ccc(F)cc3C)c[nH]c(=O)c2c1. The molecular formula is C17H14FNO2. The minimum atomic E-state index is -0.272. The molecule has 0 aliphatic rings. The van der Waals surface area contributed by atoms with Gasteiger partial charge in [0.1, 0.15) is 11.6 Å². The van der Waals surface area contributed by atoms with Gasteiger partial charge in [-0.25, -0.2) is 4.39 Å². The second kappa shape index (κ2) is 5.05. The van der Waals surface area contributed by atoms with Crippen LogP contribution in [0.3, 0.4) is 0 Å². The first-order valence-electron chi connectivity index (χ1n) is 6.56. The number of aromatic amines is 1. The Morgan fingerprint density at radius 2 is 1.86 bits per heavy atom. The number of rotatable bonds is 2. The quantitative estimate of drug-likeness (QED) is 0.780. The Morgan fingerprint density at radius 1 is 1.05 bits per heavy atom. The van der Waals surface area contributed by atoms with Gasteiger partial charge in [0, 0.05) is 11.8 Å². The minimum Gasteiger partial charge on any atom is -0.497 e. The van der Waals surface area contributed by atoms with E-state index in [9.17, 15) is 9.18 Å². The van der Waals surface area contributed by atoms with Gasteiger partial charge in [-0.05, 0) is 53.8 Å². The van der Waals surface area contributed by atoms with Gasteiger partial charge in [-0.2, -0.15) is 0 Å². The zero-order chi connectivity index (χ0) is 15.0.